The monoisotopic (exact) mass is 609 g/mol. The lowest BCUT2D eigenvalue weighted by molar-refractivity contribution is -0.214. The molecule has 2 heterocycles. The molecule has 5 atom stereocenters. The van der Waals surface area contributed by atoms with Gasteiger partial charge in [-0.15, -0.1) is 5.10 Å². The number of aromatic nitrogens is 3. The molecule has 1 aliphatic rings. The van der Waals surface area contributed by atoms with Gasteiger partial charge in [-0.25, -0.2) is 22.6 Å². The summed E-state index contributed by atoms with van der Waals surface area (Å²) in [5, 5.41) is 8.07. The van der Waals surface area contributed by atoms with Gasteiger partial charge in [-0.1, -0.05) is 35.2 Å². The van der Waals surface area contributed by atoms with Gasteiger partial charge in [0, 0.05) is 24.3 Å². The normalized spacial score (nSPS) is 21.9. The van der Waals surface area contributed by atoms with E-state index < -0.39 is 71.8 Å². The van der Waals surface area contributed by atoms with Crippen LogP contribution in [0.3, 0.4) is 0 Å². The van der Waals surface area contributed by atoms with Gasteiger partial charge in [0.05, 0.1) is 13.3 Å². The molecule has 11 nitrogen and oxygen atoms in total. The first-order valence-electron chi connectivity index (χ1n) is 12.5. The van der Waals surface area contributed by atoms with E-state index in [1.807, 2.05) is 18.2 Å². The highest BCUT2D eigenvalue weighted by Gasteiger charge is 2.51. The summed E-state index contributed by atoms with van der Waals surface area (Å²) in [4.78, 5) is 36.7. The zero-order chi connectivity index (χ0) is 30.4. The Kier molecular flexibility index (Phi) is 10.2. The average Bonchev–Trinajstić information content (AvgIpc) is 3.44. The number of nitrogens with zero attached hydrogens (tertiary/aromatic N) is 3. The number of hydrogen-bond acceptors (Lipinski definition) is 11. The molecule has 0 N–H and O–H groups in total. The second kappa shape index (κ2) is 13.8. The molecule has 1 aliphatic heterocycles. The topological polar surface area (TPSA) is 128 Å². The summed E-state index contributed by atoms with van der Waals surface area (Å²) in [5.41, 5.74) is -1.06. The Labute approximate surface area is 242 Å². The van der Waals surface area contributed by atoms with Crippen molar-refractivity contribution in [1.82, 2.24) is 15.0 Å². The lowest BCUT2D eigenvalue weighted by atomic mass is 9.96. The van der Waals surface area contributed by atoms with Crippen molar-refractivity contribution in [3.8, 4) is 11.3 Å². The predicted octanol–water partition coefficient (Wildman–Crippen LogP) is 3.47. The highest BCUT2D eigenvalue weighted by Crippen LogP contribution is 2.41. The maximum atomic E-state index is 14.0. The number of halogens is 3. The molecule has 5 unspecified atom stereocenters. The SMILES string of the molecule is COC(=O)COC1C(Sc2ccccc2)OC(COC(C)=O)C(OC(C)=O)C1n1cc(-c2cc(F)c(F)c(F)c2)nn1. The van der Waals surface area contributed by atoms with Crippen LogP contribution >= 0.6 is 11.8 Å². The van der Waals surface area contributed by atoms with Crippen molar-refractivity contribution in [1.29, 1.82) is 0 Å². The first-order chi connectivity index (χ1) is 20.1. The third kappa shape index (κ3) is 7.46. The Morgan fingerprint density at radius 2 is 1.71 bits per heavy atom. The maximum absolute atomic E-state index is 14.0. The summed E-state index contributed by atoms with van der Waals surface area (Å²) >= 11 is 1.22. The summed E-state index contributed by atoms with van der Waals surface area (Å²) in [6.07, 6.45) is -2.05. The summed E-state index contributed by atoms with van der Waals surface area (Å²) < 4.78 is 70.5. The van der Waals surface area contributed by atoms with E-state index >= 15 is 0 Å². The quantitative estimate of drug-likeness (QED) is 0.190. The van der Waals surface area contributed by atoms with Crippen LogP contribution in [0, 0.1) is 17.5 Å². The Balaban J connectivity index is 1.81. The van der Waals surface area contributed by atoms with Crippen molar-refractivity contribution < 1.29 is 51.2 Å². The molecular formula is C27H26F3N3O8S. The van der Waals surface area contributed by atoms with Crippen LogP contribution in [-0.2, 0) is 38.1 Å². The van der Waals surface area contributed by atoms with Crippen molar-refractivity contribution >= 4 is 29.7 Å². The van der Waals surface area contributed by atoms with Gasteiger partial charge < -0.3 is 23.7 Å². The summed E-state index contributed by atoms with van der Waals surface area (Å²) in [5.74, 6) is -6.54. The molecule has 42 heavy (non-hydrogen) atoms. The van der Waals surface area contributed by atoms with Crippen LogP contribution in [0.1, 0.15) is 19.9 Å². The van der Waals surface area contributed by atoms with Crippen molar-refractivity contribution in [3.05, 3.63) is 66.1 Å². The van der Waals surface area contributed by atoms with Crippen molar-refractivity contribution in [3.63, 3.8) is 0 Å². The molecule has 3 aromatic rings. The van der Waals surface area contributed by atoms with Crippen LogP contribution in [0.25, 0.3) is 11.3 Å². The summed E-state index contributed by atoms with van der Waals surface area (Å²) in [7, 11) is 1.18. The first-order valence-corrected chi connectivity index (χ1v) is 13.4. The van der Waals surface area contributed by atoms with Crippen LogP contribution in [0.2, 0.25) is 0 Å². The Hall–Kier alpha value is -3.95. The van der Waals surface area contributed by atoms with Gasteiger partial charge >= 0.3 is 17.9 Å². The Morgan fingerprint density at radius 3 is 2.33 bits per heavy atom. The number of rotatable bonds is 10. The lowest BCUT2D eigenvalue weighted by Gasteiger charge is -2.45. The van der Waals surface area contributed by atoms with Crippen molar-refractivity contribution in [2.24, 2.45) is 0 Å². The number of hydrogen-bond donors (Lipinski definition) is 0. The van der Waals surface area contributed by atoms with E-state index in [2.05, 4.69) is 10.3 Å². The number of ether oxygens (including phenoxy) is 5. The first kappa shape index (κ1) is 31.0. The predicted molar refractivity (Wildman–Crippen MR) is 139 cm³/mol. The van der Waals surface area contributed by atoms with Gasteiger partial charge in [0.25, 0.3) is 0 Å². The van der Waals surface area contributed by atoms with Gasteiger partial charge in [0.2, 0.25) is 0 Å². The molecule has 0 spiro atoms. The molecule has 1 fully saturated rings. The largest absolute Gasteiger partial charge is 0.467 e. The fraction of sp³-hybridized carbons (Fsp3) is 0.370. The number of benzene rings is 2. The Bertz CT molecular complexity index is 1400. The molecule has 1 saturated heterocycles. The number of esters is 3. The van der Waals surface area contributed by atoms with Crippen LogP contribution < -0.4 is 0 Å². The van der Waals surface area contributed by atoms with E-state index in [0.717, 1.165) is 24.0 Å². The molecule has 224 valence electrons. The minimum atomic E-state index is -1.64. The Morgan fingerprint density at radius 1 is 1.02 bits per heavy atom. The number of carbonyl (C=O) groups excluding carboxylic acids is 3. The number of thioether (sulfide) groups is 1. The second-order valence-electron chi connectivity index (χ2n) is 9.03. The summed E-state index contributed by atoms with van der Waals surface area (Å²) in [6, 6.07) is 9.47. The van der Waals surface area contributed by atoms with E-state index in [-0.39, 0.29) is 17.9 Å². The van der Waals surface area contributed by atoms with Crippen LogP contribution in [0.5, 0.6) is 0 Å². The third-order valence-electron chi connectivity index (χ3n) is 6.08. The van der Waals surface area contributed by atoms with Gasteiger partial charge in [0.1, 0.15) is 42.6 Å². The number of methoxy groups -OCH3 is 1. The lowest BCUT2D eigenvalue weighted by Crippen LogP contribution is -2.57. The molecule has 0 aliphatic carbocycles. The van der Waals surface area contributed by atoms with E-state index in [4.69, 9.17) is 23.7 Å². The zero-order valence-electron chi connectivity index (χ0n) is 22.6. The molecule has 0 radical (unpaired) electrons. The highest BCUT2D eigenvalue weighted by atomic mass is 32.2. The molecular weight excluding hydrogens is 583 g/mol. The molecule has 0 amide bonds. The van der Waals surface area contributed by atoms with Crippen LogP contribution in [0.4, 0.5) is 13.2 Å². The van der Waals surface area contributed by atoms with Crippen molar-refractivity contribution in [2.75, 3.05) is 20.3 Å². The van der Waals surface area contributed by atoms with E-state index in [9.17, 15) is 27.6 Å². The molecule has 4 rings (SSSR count). The van der Waals surface area contributed by atoms with Gasteiger partial charge in [-0.05, 0) is 24.3 Å². The fourth-order valence-corrected chi connectivity index (χ4v) is 5.41. The molecule has 1 aromatic heterocycles. The zero-order valence-corrected chi connectivity index (χ0v) is 23.4. The smallest absolute Gasteiger partial charge is 0.331 e. The van der Waals surface area contributed by atoms with Crippen LogP contribution in [0.15, 0.2) is 53.6 Å². The highest BCUT2D eigenvalue weighted by molar-refractivity contribution is 7.99. The molecule has 0 saturated carbocycles. The fourth-order valence-electron chi connectivity index (χ4n) is 4.25. The minimum absolute atomic E-state index is 0.0450. The van der Waals surface area contributed by atoms with E-state index in [0.29, 0.717) is 0 Å². The van der Waals surface area contributed by atoms with Gasteiger partial charge in [0.15, 0.2) is 23.6 Å². The molecule has 0 bridgehead atoms. The molecule has 15 heteroatoms. The van der Waals surface area contributed by atoms with Crippen molar-refractivity contribution in [2.45, 2.75) is 48.5 Å². The standard InChI is InChI=1S/C27H26F3N3O8S/c1-14(34)38-12-21-25(40-15(2)35)24(33-11-20(31-32-33)16-9-18(28)23(30)19(29)10-16)26(39-13-22(36)37-3)27(41-21)42-17-7-5-4-6-8-17/h4-11,21,24-27H,12-13H2,1-3H3. The number of carbonyl (C=O) groups is 3. The second-order valence-corrected chi connectivity index (χ2v) is 10.2. The van der Waals surface area contributed by atoms with E-state index in [1.165, 1.54) is 36.7 Å². The average molecular weight is 610 g/mol. The van der Waals surface area contributed by atoms with Crippen LogP contribution in [-0.4, -0.2) is 77.0 Å². The van der Waals surface area contributed by atoms with E-state index in [1.54, 1.807) is 12.1 Å². The van der Waals surface area contributed by atoms with Gasteiger partial charge in [-0.2, -0.15) is 0 Å². The maximum Gasteiger partial charge on any atom is 0.331 e. The summed E-state index contributed by atoms with van der Waals surface area (Å²) in [6.45, 7) is 1.51. The van der Waals surface area contributed by atoms with Gasteiger partial charge in [-0.3, -0.25) is 9.59 Å². The third-order valence-corrected chi connectivity index (χ3v) is 7.24. The molecule has 2 aromatic carbocycles. The minimum Gasteiger partial charge on any atom is -0.467 e.